The van der Waals surface area contributed by atoms with Gasteiger partial charge < -0.3 is 4.74 Å². The van der Waals surface area contributed by atoms with Gasteiger partial charge in [-0.1, -0.05) is 6.08 Å². The second kappa shape index (κ2) is 4.13. The van der Waals surface area contributed by atoms with Gasteiger partial charge in [0.25, 0.3) is 0 Å². The summed E-state index contributed by atoms with van der Waals surface area (Å²) in [7, 11) is 0. The van der Waals surface area contributed by atoms with Crippen LogP contribution in [0.3, 0.4) is 0 Å². The van der Waals surface area contributed by atoms with Crippen LogP contribution in [0, 0.1) is 6.92 Å². The van der Waals surface area contributed by atoms with E-state index in [1.165, 1.54) is 6.92 Å². The Kier molecular flexibility index (Phi) is 3.76. The average Bonchev–Trinajstić information content (AvgIpc) is 1.83. The molecule has 0 unspecified atom stereocenters. The van der Waals surface area contributed by atoms with Crippen molar-refractivity contribution in [1.29, 1.82) is 0 Å². The molecule has 0 amide bonds. The molecule has 1 radical (unpaired) electrons. The zero-order chi connectivity index (χ0) is 7.28. The second-order valence-electron chi connectivity index (χ2n) is 1.83. The summed E-state index contributed by atoms with van der Waals surface area (Å²) in [5, 5.41) is 0. The molecule has 2 heteroatoms. The summed E-state index contributed by atoms with van der Waals surface area (Å²) in [4.78, 5) is 10.2. The molecule has 0 aliphatic heterocycles. The van der Waals surface area contributed by atoms with Crippen molar-refractivity contribution >= 4 is 5.97 Å². The quantitative estimate of drug-likeness (QED) is 0.523. The van der Waals surface area contributed by atoms with Crippen LogP contribution in [0.5, 0.6) is 0 Å². The van der Waals surface area contributed by atoms with Crippen LogP contribution in [0.15, 0.2) is 11.6 Å². The van der Waals surface area contributed by atoms with Crippen LogP contribution >= 0.6 is 0 Å². The molecule has 0 bridgehead atoms. The number of carbonyl (C=O) groups is 1. The van der Waals surface area contributed by atoms with Crippen LogP contribution in [0.1, 0.15) is 13.8 Å². The Morgan fingerprint density at radius 3 is 2.56 bits per heavy atom. The van der Waals surface area contributed by atoms with E-state index in [1.807, 2.05) is 6.92 Å². The lowest BCUT2D eigenvalue weighted by Gasteiger charge is -1.98. The van der Waals surface area contributed by atoms with E-state index >= 15 is 0 Å². The molecular weight excluding hydrogens is 116 g/mol. The first-order valence-corrected chi connectivity index (χ1v) is 2.75. The van der Waals surface area contributed by atoms with E-state index in [0.29, 0.717) is 6.61 Å². The van der Waals surface area contributed by atoms with Crippen LogP contribution in [-0.2, 0) is 9.53 Å². The van der Waals surface area contributed by atoms with Gasteiger partial charge in [-0.15, -0.1) is 0 Å². The smallest absolute Gasteiger partial charge is 0.302 e. The van der Waals surface area contributed by atoms with Gasteiger partial charge in [-0.3, -0.25) is 4.79 Å². The maximum atomic E-state index is 10.2. The Morgan fingerprint density at radius 2 is 2.22 bits per heavy atom. The first kappa shape index (κ1) is 8.21. The SMILES string of the molecule is [CH2]C=C(C)COC(C)=O. The van der Waals surface area contributed by atoms with Crippen molar-refractivity contribution in [3.63, 3.8) is 0 Å². The van der Waals surface area contributed by atoms with E-state index in [2.05, 4.69) is 11.7 Å². The minimum atomic E-state index is -0.254. The van der Waals surface area contributed by atoms with Gasteiger partial charge in [-0.05, 0) is 19.4 Å². The first-order valence-electron chi connectivity index (χ1n) is 2.75. The largest absolute Gasteiger partial charge is 0.461 e. The third-order valence-electron chi connectivity index (χ3n) is 0.852. The van der Waals surface area contributed by atoms with Crippen LogP contribution in [0.25, 0.3) is 0 Å². The second-order valence-corrected chi connectivity index (χ2v) is 1.83. The fourth-order valence-electron chi connectivity index (χ4n) is 0.274. The predicted octanol–water partition coefficient (Wildman–Crippen LogP) is 1.33. The Hall–Kier alpha value is -0.790. The average molecular weight is 127 g/mol. The third-order valence-corrected chi connectivity index (χ3v) is 0.852. The van der Waals surface area contributed by atoms with Crippen molar-refractivity contribution in [3.05, 3.63) is 18.6 Å². The zero-order valence-electron chi connectivity index (χ0n) is 5.81. The number of ether oxygens (including phenoxy) is 1. The van der Waals surface area contributed by atoms with Crippen molar-refractivity contribution in [2.24, 2.45) is 0 Å². The van der Waals surface area contributed by atoms with Gasteiger partial charge in [0, 0.05) is 6.92 Å². The zero-order valence-corrected chi connectivity index (χ0v) is 5.81. The highest BCUT2D eigenvalue weighted by molar-refractivity contribution is 5.66. The van der Waals surface area contributed by atoms with Crippen LogP contribution in [0.4, 0.5) is 0 Å². The van der Waals surface area contributed by atoms with Crippen molar-refractivity contribution < 1.29 is 9.53 Å². The molecule has 51 valence electrons. The fourth-order valence-corrected chi connectivity index (χ4v) is 0.274. The number of hydrogen-bond acceptors (Lipinski definition) is 2. The molecule has 0 aromatic carbocycles. The minimum Gasteiger partial charge on any atom is -0.461 e. The molecule has 0 atom stereocenters. The van der Waals surface area contributed by atoms with Crippen molar-refractivity contribution in [2.75, 3.05) is 6.61 Å². The maximum Gasteiger partial charge on any atom is 0.302 e. The van der Waals surface area contributed by atoms with Crippen LogP contribution in [0.2, 0.25) is 0 Å². The fraction of sp³-hybridized carbons (Fsp3) is 0.429. The highest BCUT2D eigenvalue weighted by Gasteiger charge is 1.90. The minimum absolute atomic E-state index is 0.254. The van der Waals surface area contributed by atoms with E-state index in [1.54, 1.807) is 6.08 Å². The van der Waals surface area contributed by atoms with Crippen LogP contribution in [-0.4, -0.2) is 12.6 Å². The molecule has 0 aliphatic carbocycles. The van der Waals surface area contributed by atoms with E-state index in [9.17, 15) is 4.79 Å². The molecule has 9 heavy (non-hydrogen) atoms. The number of allylic oxidation sites excluding steroid dienone is 1. The first-order chi connectivity index (χ1) is 4.16. The summed E-state index contributed by atoms with van der Waals surface area (Å²) in [5.41, 5.74) is 0.963. The number of esters is 1. The Labute approximate surface area is 55.5 Å². The molecule has 0 aliphatic rings. The molecule has 0 aromatic rings. The van der Waals surface area contributed by atoms with Gasteiger partial charge >= 0.3 is 5.97 Å². The molecule has 0 saturated carbocycles. The van der Waals surface area contributed by atoms with Crippen LogP contribution < -0.4 is 0 Å². The van der Waals surface area contributed by atoms with Crippen molar-refractivity contribution in [1.82, 2.24) is 0 Å². The normalized spacial score (nSPS) is 11.2. The number of rotatable bonds is 2. The molecule has 0 aromatic heterocycles. The highest BCUT2D eigenvalue weighted by atomic mass is 16.5. The van der Waals surface area contributed by atoms with Gasteiger partial charge in [0.1, 0.15) is 6.61 Å². The Bertz CT molecular complexity index is 125. The van der Waals surface area contributed by atoms with E-state index in [4.69, 9.17) is 0 Å². The monoisotopic (exact) mass is 127 g/mol. The summed E-state index contributed by atoms with van der Waals surface area (Å²) >= 11 is 0. The standard InChI is InChI=1S/C7H11O2/c1-4-6(2)5-9-7(3)8/h4H,1,5H2,2-3H3. The molecular formula is C7H11O2. The van der Waals surface area contributed by atoms with Gasteiger partial charge in [0.05, 0.1) is 0 Å². The lowest BCUT2D eigenvalue weighted by atomic mass is 10.3. The molecule has 2 nitrogen and oxygen atoms in total. The van der Waals surface area contributed by atoms with Gasteiger partial charge in [0.15, 0.2) is 0 Å². The molecule has 0 fully saturated rings. The van der Waals surface area contributed by atoms with E-state index < -0.39 is 0 Å². The van der Waals surface area contributed by atoms with E-state index in [-0.39, 0.29) is 5.97 Å². The molecule has 0 rings (SSSR count). The summed E-state index contributed by atoms with van der Waals surface area (Å²) in [6.45, 7) is 7.11. The topological polar surface area (TPSA) is 26.3 Å². The summed E-state index contributed by atoms with van der Waals surface area (Å²) in [5.74, 6) is -0.254. The van der Waals surface area contributed by atoms with Crippen molar-refractivity contribution in [3.8, 4) is 0 Å². The number of carbonyl (C=O) groups excluding carboxylic acids is 1. The lowest BCUT2D eigenvalue weighted by molar-refractivity contribution is -0.139. The summed E-state index contributed by atoms with van der Waals surface area (Å²) in [6, 6.07) is 0. The summed E-state index contributed by atoms with van der Waals surface area (Å²) in [6.07, 6.45) is 1.67. The Morgan fingerprint density at radius 1 is 1.67 bits per heavy atom. The number of hydrogen-bond donors (Lipinski definition) is 0. The predicted molar refractivity (Wildman–Crippen MR) is 35.7 cm³/mol. The summed E-state index contributed by atoms with van der Waals surface area (Å²) < 4.78 is 4.65. The highest BCUT2D eigenvalue weighted by Crippen LogP contribution is 1.91. The lowest BCUT2D eigenvalue weighted by Crippen LogP contribution is -2.00. The maximum absolute atomic E-state index is 10.2. The Balaban J connectivity index is 3.39. The van der Waals surface area contributed by atoms with Gasteiger partial charge in [0.2, 0.25) is 0 Å². The van der Waals surface area contributed by atoms with Gasteiger partial charge in [-0.2, -0.15) is 0 Å². The van der Waals surface area contributed by atoms with E-state index in [0.717, 1.165) is 5.57 Å². The van der Waals surface area contributed by atoms with Crippen molar-refractivity contribution in [2.45, 2.75) is 13.8 Å². The molecule has 0 N–H and O–H groups in total. The molecule has 0 heterocycles. The third kappa shape index (κ3) is 5.07. The molecule has 0 spiro atoms. The van der Waals surface area contributed by atoms with Gasteiger partial charge in [-0.25, -0.2) is 0 Å². The molecule has 0 saturated heterocycles.